The summed E-state index contributed by atoms with van der Waals surface area (Å²) in [5, 5.41) is 0. The van der Waals surface area contributed by atoms with E-state index in [0.29, 0.717) is 25.6 Å². The van der Waals surface area contributed by atoms with E-state index in [2.05, 4.69) is 0 Å². The van der Waals surface area contributed by atoms with Crippen LogP contribution in [0.15, 0.2) is 18.2 Å². The van der Waals surface area contributed by atoms with E-state index in [-0.39, 0.29) is 6.09 Å². The predicted molar refractivity (Wildman–Crippen MR) is 71.2 cm³/mol. The van der Waals surface area contributed by atoms with E-state index in [4.69, 9.17) is 10.5 Å². The zero-order valence-corrected chi connectivity index (χ0v) is 11.0. The van der Waals surface area contributed by atoms with Crippen LogP contribution in [0.1, 0.15) is 25.0 Å². The van der Waals surface area contributed by atoms with Gasteiger partial charge in [0.15, 0.2) is 0 Å². The van der Waals surface area contributed by atoms with Gasteiger partial charge in [0.1, 0.15) is 0 Å². The number of hydrogen-bond acceptors (Lipinski definition) is 3. The maximum absolute atomic E-state index is 11.9. The Bertz CT molecular complexity index is 443. The molecule has 0 spiro atoms. The molecule has 2 rings (SSSR count). The van der Waals surface area contributed by atoms with Gasteiger partial charge < -0.3 is 15.4 Å². The van der Waals surface area contributed by atoms with Gasteiger partial charge in [-0.1, -0.05) is 26.0 Å². The molecule has 0 atom stereocenters. The minimum Gasteiger partial charge on any atom is -0.449 e. The summed E-state index contributed by atoms with van der Waals surface area (Å²) < 4.78 is 5.24. The van der Waals surface area contributed by atoms with E-state index in [1.165, 1.54) is 5.56 Å². The quantitative estimate of drug-likeness (QED) is 0.818. The zero-order valence-electron chi connectivity index (χ0n) is 11.0. The number of nitrogens with zero attached hydrogens (tertiary/aromatic N) is 1. The summed E-state index contributed by atoms with van der Waals surface area (Å²) in [7, 11) is 0. The highest BCUT2D eigenvalue weighted by Gasteiger charge is 2.22. The Morgan fingerprint density at radius 3 is 3.00 bits per heavy atom. The summed E-state index contributed by atoms with van der Waals surface area (Å²) in [6, 6.07) is 5.86. The van der Waals surface area contributed by atoms with Crippen molar-refractivity contribution in [1.29, 1.82) is 0 Å². The average molecular weight is 248 g/mol. The molecule has 0 bridgehead atoms. The van der Waals surface area contributed by atoms with Crippen LogP contribution >= 0.6 is 0 Å². The monoisotopic (exact) mass is 248 g/mol. The molecular formula is C14H20N2O2. The topological polar surface area (TPSA) is 55.6 Å². The minimum atomic E-state index is -0.225. The smallest absolute Gasteiger partial charge is 0.410 e. The van der Waals surface area contributed by atoms with Gasteiger partial charge in [-0.2, -0.15) is 0 Å². The van der Waals surface area contributed by atoms with E-state index in [1.54, 1.807) is 4.90 Å². The molecule has 4 heteroatoms. The van der Waals surface area contributed by atoms with Gasteiger partial charge in [0.05, 0.1) is 6.61 Å². The van der Waals surface area contributed by atoms with Crippen LogP contribution < -0.4 is 5.73 Å². The van der Waals surface area contributed by atoms with Crippen molar-refractivity contribution in [2.45, 2.75) is 26.8 Å². The fraction of sp³-hybridized carbons (Fsp3) is 0.500. The van der Waals surface area contributed by atoms with Gasteiger partial charge in [-0.05, 0) is 29.5 Å². The van der Waals surface area contributed by atoms with Crippen molar-refractivity contribution in [2.24, 2.45) is 5.92 Å². The standard InChI is InChI=1S/C14H20N2O2/c1-10(2)9-18-14(17)16-7-6-12-11(8-16)4-3-5-13(12)15/h3-5,10H,6-9,15H2,1-2H3. The molecule has 1 aromatic carbocycles. The van der Waals surface area contributed by atoms with Crippen LogP contribution in [0.4, 0.5) is 10.5 Å². The van der Waals surface area contributed by atoms with E-state index in [0.717, 1.165) is 17.7 Å². The molecule has 1 heterocycles. The number of benzene rings is 1. The molecule has 0 saturated heterocycles. The Labute approximate surface area is 108 Å². The molecule has 0 aliphatic carbocycles. The van der Waals surface area contributed by atoms with Crippen LogP contribution in [0.2, 0.25) is 0 Å². The number of ether oxygens (including phenoxy) is 1. The van der Waals surface area contributed by atoms with Gasteiger partial charge in [0.25, 0.3) is 0 Å². The Hall–Kier alpha value is -1.71. The third-order valence-corrected chi connectivity index (χ3v) is 3.10. The van der Waals surface area contributed by atoms with E-state index >= 15 is 0 Å². The Morgan fingerprint density at radius 2 is 2.28 bits per heavy atom. The summed E-state index contributed by atoms with van der Waals surface area (Å²) in [5.41, 5.74) is 9.05. The number of carbonyl (C=O) groups excluding carboxylic acids is 1. The molecule has 4 nitrogen and oxygen atoms in total. The van der Waals surface area contributed by atoms with Crippen molar-refractivity contribution in [2.75, 3.05) is 18.9 Å². The molecule has 1 aliphatic heterocycles. The molecule has 0 aromatic heterocycles. The van der Waals surface area contributed by atoms with Crippen LogP contribution in [0.25, 0.3) is 0 Å². The summed E-state index contributed by atoms with van der Waals surface area (Å²) in [6.45, 7) is 5.80. The fourth-order valence-corrected chi connectivity index (χ4v) is 2.12. The van der Waals surface area contributed by atoms with Gasteiger partial charge in [-0.15, -0.1) is 0 Å². The average Bonchev–Trinajstić information content (AvgIpc) is 2.35. The van der Waals surface area contributed by atoms with Crippen molar-refractivity contribution in [3.8, 4) is 0 Å². The lowest BCUT2D eigenvalue weighted by molar-refractivity contribution is 0.0879. The van der Waals surface area contributed by atoms with Crippen molar-refractivity contribution < 1.29 is 9.53 Å². The third kappa shape index (κ3) is 2.75. The SMILES string of the molecule is CC(C)COC(=O)N1CCc2c(N)cccc2C1. The van der Waals surface area contributed by atoms with Crippen LogP contribution in [-0.2, 0) is 17.7 Å². The second kappa shape index (κ2) is 5.29. The first-order chi connectivity index (χ1) is 8.58. The van der Waals surface area contributed by atoms with Crippen LogP contribution in [0.5, 0.6) is 0 Å². The van der Waals surface area contributed by atoms with Gasteiger partial charge in [0, 0.05) is 18.8 Å². The van der Waals surface area contributed by atoms with Gasteiger partial charge in [-0.3, -0.25) is 0 Å². The molecule has 0 fully saturated rings. The maximum Gasteiger partial charge on any atom is 0.410 e. The van der Waals surface area contributed by atoms with Crippen LogP contribution in [0.3, 0.4) is 0 Å². The van der Waals surface area contributed by atoms with Crippen LogP contribution in [-0.4, -0.2) is 24.1 Å². The lowest BCUT2D eigenvalue weighted by Crippen LogP contribution is -2.37. The van der Waals surface area contributed by atoms with Crippen molar-refractivity contribution in [1.82, 2.24) is 4.90 Å². The largest absolute Gasteiger partial charge is 0.449 e. The molecule has 1 amide bonds. The molecule has 98 valence electrons. The molecule has 1 aliphatic rings. The van der Waals surface area contributed by atoms with Gasteiger partial charge in [-0.25, -0.2) is 4.79 Å². The van der Waals surface area contributed by atoms with Crippen LogP contribution in [0, 0.1) is 5.92 Å². The number of amides is 1. The lowest BCUT2D eigenvalue weighted by atomic mass is 9.98. The Balaban J connectivity index is 2.01. The summed E-state index contributed by atoms with van der Waals surface area (Å²) >= 11 is 0. The minimum absolute atomic E-state index is 0.225. The molecular weight excluding hydrogens is 228 g/mol. The molecule has 0 saturated carbocycles. The lowest BCUT2D eigenvalue weighted by Gasteiger charge is -2.29. The molecule has 0 unspecified atom stereocenters. The first-order valence-electron chi connectivity index (χ1n) is 6.36. The van der Waals surface area contributed by atoms with Gasteiger partial charge >= 0.3 is 6.09 Å². The van der Waals surface area contributed by atoms with E-state index < -0.39 is 0 Å². The summed E-state index contributed by atoms with van der Waals surface area (Å²) in [4.78, 5) is 13.6. The number of rotatable bonds is 2. The zero-order chi connectivity index (χ0) is 13.1. The van der Waals surface area contributed by atoms with Crippen molar-refractivity contribution >= 4 is 11.8 Å². The van der Waals surface area contributed by atoms with E-state index in [1.807, 2.05) is 32.0 Å². The first kappa shape index (κ1) is 12.7. The molecule has 0 radical (unpaired) electrons. The molecule has 2 N–H and O–H groups in total. The van der Waals surface area contributed by atoms with E-state index in [9.17, 15) is 4.79 Å². The molecule has 18 heavy (non-hydrogen) atoms. The molecule has 1 aromatic rings. The second-order valence-electron chi connectivity index (χ2n) is 5.13. The Morgan fingerprint density at radius 1 is 1.50 bits per heavy atom. The third-order valence-electron chi connectivity index (χ3n) is 3.10. The Kier molecular flexibility index (Phi) is 3.75. The first-order valence-corrected chi connectivity index (χ1v) is 6.36. The highest BCUT2D eigenvalue weighted by Crippen LogP contribution is 2.24. The van der Waals surface area contributed by atoms with Crippen molar-refractivity contribution in [3.63, 3.8) is 0 Å². The highest BCUT2D eigenvalue weighted by molar-refractivity contribution is 5.68. The number of anilines is 1. The van der Waals surface area contributed by atoms with Gasteiger partial charge in [0.2, 0.25) is 0 Å². The summed E-state index contributed by atoms with van der Waals surface area (Å²) in [5.74, 6) is 0.363. The fourth-order valence-electron chi connectivity index (χ4n) is 2.12. The number of nitrogen functional groups attached to an aromatic ring is 1. The number of hydrogen-bond donors (Lipinski definition) is 1. The maximum atomic E-state index is 11.9. The summed E-state index contributed by atoms with van der Waals surface area (Å²) in [6.07, 6.45) is 0.579. The number of carbonyl (C=O) groups is 1. The highest BCUT2D eigenvalue weighted by atomic mass is 16.6. The second-order valence-corrected chi connectivity index (χ2v) is 5.13. The normalized spacial score (nSPS) is 14.5. The van der Waals surface area contributed by atoms with Crippen molar-refractivity contribution in [3.05, 3.63) is 29.3 Å². The predicted octanol–water partition coefficient (Wildman–Crippen LogP) is 2.42. The number of nitrogens with two attached hydrogens (primary N) is 1. The number of fused-ring (bicyclic) bond motifs is 1.